The van der Waals surface area contributed by atoms with Crippen molar-refractivity contribution in [2.75, 3.05) is 0 Å². The number of hydrogen-bond donors (Lipinski definition) is 0. The Bertz CT molecular complexity index is 2830. The minimum absolute atomic E-state index is 0.635. The van der Waals surface area contributed by atoms with Crippen LogP contribution in [0.1, 0.15) is 0 Å². The molecule has 0 N–H and O–H groups in total. The molecule has 0 saturated heterocycles. The monoisotopic (exact) mass is 721 g/mol. The maximum absolute atomic E-state index is 5.17. The summed E-state index contributed by atoms with van der Waals surface area (Å²) in [6, 6.07) is 64.5. The molecule has 0 unspecified atom stereocenters. The molecule has 0 saturated carbocycles. The quantitative estimate of drug-likeness (QED) is 0.164. The van der Waals surface area contributed by atoms with Crippen molar-refractivity contribution in [3.8, 4) is 79.2 Å². The second-order valence-corrected chi connectivity index (χ2v) is 14.3. The molecule has 0 radical (unpaired) electrons. The Labute approximate surface area is 322 Å². The van der Waals surface area contributed by atoms with E-state index in [-0.39, 0.29) is 0 Å². The van der Waals surface area contributed by atoms with Crippen LogP contribution in [0.2, 0.25) is 0 Å². The molecule has 0 aliphatic carbocycles. The van der Waals surface area contributed by atoms with E-state index in [0.29, 0.717) is 23.3 Å². The molecule has 0 aliphatic rings. The van der Waals surface area contributed by atoms with E-state index in [1.54, 1.807) is 11.3 Å². The average Bonchev–Trinajstić information content (AvgIpc) is 3.67. The van der Waals surface area contributed by atoms with Gasteiger partial charge in [-0.05, 0) is 29.3 Å². The molecule has 3 heterocycles. The Morgan fingerprint density at radius 2 is 0.745 bits per heavy atom. The highest BCUT2D eigenvalue weighted by Crippen LogP contribution is 2.44. The summed E-state index contributed by atoms with van der Waals surface area (Å²) >= 11 is 1.79. The second kappa shape index (κ2) is 14.0. The van der Waals surface area contributed by atoms with Crippen molar-refractivity contribution in [1.29, 1.82) is 0 Å². The van der Waals surface area contributed by atoms with Crippen LogP contribution in [0.15, 0.2) is 188 Å². The molecule has 10 aromatic rings. The molecule has 7 aromatic carbocycles. The summed E-state index contributed by atoms with van der Waals surface area (Å²) in [5.74, 6) is 2.64. The predicted octanol–water partition coefficient (Wildman–Crippen LogP) is 12.7. The van der Waals surface area contributed by atoms with Crippen LogP contribution in [0.25, 0.3) is 99.4 Å². The first-order valence-corrected chi connectivity index (χ1v) is 19.0. The molecule has 0 aliphatic heterocycles. The summed E-state index contributed by atoms with van der Waals surface area (Å²) in [5.41, 5.74) is 10.0. The molecule has 258 valence electrons. The summed E-state index contributed by atoms with van der Waals surface area (Å²) < 4.78 is 2.38. The molecular formula is C49H31N5S. The summed E-state index contributed by atoms with van der Waals surface area (Å²) in [4.78, 5) is 25.1. The highest BCUT2D eigenvalue weighted by molar-refractivity contribution is 7.26. The molecule has 0 bridgehead atoms. The van der Waals surface area contributed by atoms with E-state index in [9.17, 15) is 0 Å². The first-order chi connectivity index (χ1) is 27.2. The first-order valence-electron chi connectivity index (χ1n) is 18.2. The summed E-state index contributed by atoms with van der Waals surface area (Å²) in [7, 11) is 0. The lowest BCUT2D eigenvalue weighted by Crippen LogP contribution is -2.00. The van der Waals surface area contributed by atoms with Gasteiger partial charge < -0.3 is 0 Å². The van der Waals surface area contributed by atoms with E-state index < -0.39 is 0 Å². The first kappa shape index (κ1) is 32.5. The molecule has 0 spiro atoms. The van der Waals surface area contributed by atoms with Crippen molar-refractivity contribution in [3.63, 3.8) is 0 Å². The minimum atomic E-state index is 0.635. The van der Waals surface area contributed by atoms with Gasteiger partial charge in [0, 0.05) is 53.6 Å². The van der Waals surface area contributed by atoms with Gasteiger partial charge in [0.05, 0.1) is 11.4 Å². The van der Waals surface area contributed by atoms with Crippen LogP contribution in [-0.2, 0) is 0 Å². The highest BCUT2D eigenvalue weighted by Gasteiger charge is 2.18. The maximum Gasteiger partial charge on any atom is 0.164 e. The standard InChI is InChI=1S/C49H31N5S/c1-5-15-33(16-6-1)41-31-42(34-17-7-2-8-18-34)51-49(50-41)40-25-13-24-39-44-38(23-14-26-43(44)55-45(39)40)32-27-29-37(30-28-32)48-53-46(35-19-9-3-10-20-35)52-47(54-48)36-21-11-4-12-22-36/h1-31H. The Hall–Kier alpha value is -7.15. The van der Waals surface area contributed by atoms with Gasteiger partial charge in [0.2, 0.25) is 0 Å². The lowest BCUT2D eigenvalue weighted by Gasteiger charge is -2.10. The molecule has 0 fully saturated rings. The third-order valence-corrected chi connectivity index (χ3v) is 11.0. The topological polar surface area (TPSA) is 64.5 Å². The largest absolute Gasteiger partial charge is 0.228 e. The van der Waals surface area contributed by atoms with Crippen molar-refractivity contribution in [2.45, 2.75) is 0 Å². The summed E-state index contributed by atoms with van der Waals surface area (Å²) in [6.45, 7) is 0. The molecule has 0 atom stereocenters. The Kier molecular flexibility index (Phi) is 8.28. The fourth-order valence-corrected chi connectivity index (χ4v) is 8.32. The lowest BCUT2D eigenvalue weighted by molar-refractivity contribution is 1.07. The zero-order chi connectivity index (χ0) is 36.6. The Balaban J connectivity index is 1.08. The van der Waals surface area contributed by atoms with Gasteiger partial charge in [0.25, 0.3) is 0 Å². The van der Waals surface area contributed by atoms with Gasteiger partial charge in [-0.2, -0.15) is 0 Å². The SMILES string of the molecule is c1ccc(-c2cc(-c3ccccc3)nc(-c3cccc4c3sc3cccc(-c5ccc(-c6nc(-c7ccccc7)nc(-c7ccccc7)n6)cc5)c34)n2)cc1. The van der Waals surface area contributed by atoms with E-state index in [2.05, 4.69) is 91.0 Å². The van der Waals surface area contributed by atoms with Crippen LogP contribution < -0.4 is 0 Å². The zero-order valence-corrected chi connectivity index (χ0v) is 30.4. The van der Waals surface area contributed by atoms with Crippen molar-refractivity contribution < 1.29 is 0 Å². The number of hydrogen-bond acceptors (Lipinski definition) is 6. The van der Waals surface area contributed by atoms with E-state index in [1.807, 2.05) is 97.1 Å². The molecule has 5 nitrogen and oxygen atoms in total. The molecule has 6 heteroatoms. The van der Waals surface area contributed by atoms with Crippen LogP contribution in [0, 0.1) is 0 Å². The molecule has 55 heavy (non-hydrogen) atoms. The number of fused-ring (bicyclic) bond motifs is 3. The average molecular weight is 722 g/mol. The molecular weight excluding hydrogens is 691 g/mol. The van der Waals surface area contributed by atoms with Crippen molar-refractivity contribution in [1.82, 2.24) is 24.9 Å². The third kappa shape index (κ3) is 6.24. The Morgan fingerprint density at radius 3 is 1.27 bits per heavy atom. The molecule has 0 amide bonds. The number of thiophene rings is 1. The number of benzene rings is 7. The van der Waals surface area contributed by atoms with Gasteiger partial charge in [-0.25, -0.2) is 24.9 Å². The van der Waals surface area contributed by atoms with E-state index in [1.165, 1.54) is 21.0 Å². The van der Waals surface area contributed by atoms with Gasteiger partial charge in [0.15, 0.2) is 23.3 Å². The fraction of sp³-hybridized carbons (Fsp3) is 0. The fourth-order valence-electron chi connectivity index (χ4n) is 7.08. The maximum atomic E-state index is 5.17. The van der Waals surface area contributed by atoms with Gasteiger partial charge in [0.1, 0.15) is 0 Å². The smallest absolute Gasteiger partial charge is 0.164 e. The van der Waals surface area contributed by atoms with Crippen LogP contribution in [0.5, 0.6) is 0 Å². The predicted molar refractivity (Wildman–Crippen MR) is 226 cm³/mol. The van der Waals surface area contributed by atoms with Crippen LogP contribution in [0.3, 0.4) is 0 Å². The summed E-state index contributed by atoms with van der Waals surface area (Å²) in [5, 5.41) is 2.40. The van der Waals surface area contributed by atoms with E-state index in [4.69, 9.17) is 24.9 Å². The molecule has 3 aromatic heterocycles. The highest BCUT2D eigenvalue weighted by atomic mass is 32.1. The van der Waals surface area contributed by atoms with Gasteiger partial charge >= 0.3 is 0 Å². The third-order valence-electron chi connectivity index (χ3n) is 9.78. The van der Waals surface area contributed by atoms with Gasteiger partial charge in [-0.3, -0.25) is 0 Å². The van der Waals surface area contributed by atoms with Crippen molar-refractivity contribution >= 4 is 31.5 Å². The molecule has 10 rings (SSSR count). The lowest BCUT2D eigenvalue weighted by atomic mass is 9.97. The van der Waals surface area contributed by atoms with Crippen molar-refractivity contribution in [3.05, 3.63) is 188 Å². The Morgan fingerprint density at radius 1 is 0.309 bits per heavy atom. The van der Waals surface area contributed by atoms with Gasteiger partial charge in [-0.1, -0.05) is 170 Å². The number of rotatable bonds is 7. The number of nitrogens with zero attached hydrogens (tertiary/aromatic N) is 5. The van der Waals surface area contributed by atoms with E-state index in [0.717, 1.165) is 55.0 Å². The zero-order valence-electron chi connectivity index (χ0n) is 29.5. The second-order valence-electron chi connectivity index (χ2n) is 13.3. The van der Waals surface area contributed by atoms with Crippen LogP contribution >= 0.6 is 11.3 Å². The normalized spacial score (nSPS) is 11.3. The van der Waals surface area contributed by atoms with E-state index >= 15 is 0 Å². The summed E-state index contributed by atoms with van der Waals surface area (Å²) in [6.07, 6.45) is 0. The van der Waals surface area contributed by atoms with Gasteiger partial charge in [-0.15, -0.1) is 11.3 Å². The van der Waals surface area contributed by atoms with Crippen molar-refractivity contribution in [2.24, 2.45) is 0 Å². The van der Waals surface area contributed by atoms with Crippen LogP contribution in [0.4, 0.5) is 0 Å². The minimum Gasteiger partial charge on any atom is -0.228 e. The number of aromatic nitrogens is 5. The van der Waals surface area contributed by atoms with Crippen LogP contribution in [-0.4, -0.2) is 24.9 Å².